The Morgan fingerprint density at radius 3 is 2.44 bits per heavy atom. The van der Waals surface area contributed by atoms with Crippen molar-refractivity contribution in [1.82, 2.24) is 10.6 Å². The molecule has 0 unspecified atom stereocenters. The maximum atomic E-state index is 11.5. The zero-order valence-corrected chi connectivity index (χ0v) is 11.0. The molecule has 18 heavy (non-hydrogen) atoms. The van der Waals surface area contributed by atoms with Gasteiger partial charge in [-0.25, -0.2) is 9.59 Å². The van der Waals surface area contributed by atoms with Gasteiger partial charge in [-0.15, -0.1) is 0 Å². The summed E-state index contributed by atoms with van der Waals surface area (Å²) in [4.78, 5) is 22.2. The fourth-order valence-electron chi connectivity index (χ4n) is 1.33. The molecular formula is C11H22N2O5. The lowest BCUT2D eigenvalue weighted by Gasteiger charge is -2.25. The second-order valence-electron chi connectivity index (χ2n) is 4.42. The predicted molar refractivity (Wildman–Crippen MR) is 65.4 cm³/mol. The van der Waals surface area contributed by atoms with Gasteiger partial charge in [-0.05, 0) is 20.8 Å². The van der Waals surface area contributed by atoms with Crippen molar-refractivity contribution < 1.29 is 24.5 Å². The van der Waals surface area contributed by atoms with E-state index in [0.717, 1.165) is 0 Å². The zero-order valence-electron chi connectivity index (χ0n) is 11.0. The number of hydrogen-bond donors (Lipinski definition) is 4. The van der Waals surface area contributed by atoms with Gasteiger partial charge in [-0.3, -0.25) is 0 Å². The van der Waals surface area contributed by atoms with Crippen LogP contribution in [0.2, 0.25) is 0 Å². The number of hydrogen-bond acceptors (Lipinski definition) is 4. The first-order valence-electron chi connectivity index (χ1n) is 5.84. The molecule has 1 atom stereocenters. The lowest BCUT2D eigenvalue weighted by atomic mass is 10.1. The Bertz CT molecular complexity index is 281. The quantitative estimate of drug-likeness (QED) is 0.490. The van der Waals surface area contributed by atoms with Crippen LogP contribution in [0, 0.1) is 0 Å². The molecular weight excluding hydrogens is 240 g/mol. The highest BCUT2D eigenvalue weighted by atomic mass is 16.5. The molecule has 7 nitrogen and oxygen atoms in total. The van der Waals surface area contributed by atoms with Crippen LogP contribution in [0.3, 0.4) is 0 Å². The lowest BCUT2D eigenvalue weighted by molar-refractivity contribution is -0.139. The third kappa shape index (κ3) is 7.08. The average Bonchev–Trinajstić information content (AvgIpc) is 2.26. The summed E-state index contributed by atoms with van der Waals surface area (Å²) in [5.74, 6) is -1.18. The van der Waals surface area contributed by atoms with Gasteiger partial charge in [0.1, 0.15) is 6.04 Å². The molecule has 106 valence electrons. The van der Waals surface area contributed by atoms with E-state index >= 15 is 0 Å². The van der Waals surface area contributed by atoms with E-state index in [2.05, 4.69) is 10.6 Å². The van der Waals surface area contributed by atoms with Crippen molar-refractivity contribution in [3.05, 3.63) is 0 Å². The summed E-state index contributed by atoms with van der Waals surface area (Å²) in [6.07, 6.45) is -0.0302. The molecule has 2 amide bonds. The molecule has 0 aliphatic carbocycles. The van der Waals surface area contributed by atoms with Gasteiger partial charge in [0.2, 0.25) is 0 Å². The molecule has 0 spiro atoms. The molecule has 0 heterocycles. The highest BCUT2D eigenvalue weighted by molar-refractivity contribution is 5.82. The van der Waals surface area contributed by atoms with Crippen LogP contribution in [0.5, 0.6) is 0 Å². The number of carboxylic acid groups (broad SMARTS) is 1. The van der Waals surface area contributed by atoms with Gasteiger partial charge in [0.05, 0.1) is 5.60 Å². The van der Waals surface area contributed by atoms with Gasteiger partial charge in [0.25, 0.3) is 0 Å². The summed E-state index contributed by atoms with van der Waals surface area (Å²) in [6, 6.07) is -1.69. The van der Waals surface area contributed by atoms with Crippen LogP contribution in [-0.4, -0.2) is 53.6 Å². The Kier molecular flexibility index (Phi) is 7.30. The van der Waals surface area contributed by atoms with E-state index < -0.39 is 23.6 Å². The van der Waals surface area contributed by atoms with Gasteiger partial charge in [-0.1, -0.05) is 0 Å². The van der Waals surface area contributed by atoms with E-state index in [1.54, 1.807) is 0 Å². The number of amides is 2. The predicted octanol–water partition coefficient (Wildman–Crippen LogP) is -0.0637. The first-order valence-corrected chi connectivity index (χ1v) is 5.84. The number of carbonyl (C=O) groups excluding carboxylic acids is 1. The number of aliphatic hydroxyl groups is 1. The summed E-state index contributed by atoms with van der Waals surface area (Å²) < 4.78 is 5.38. The Labute approximate surface area is 107 Å². The molecule has 0 aromatic heterocycles. The van der Waals surface area contributed by atoms with Crippen molar-refractivity contribution in [1.29, 1.82) is 0 Å². The van der Waals surface area contributed by atoms with E-state index in [-0.39, 0.29) is 19.6 Å². The monoisotopic (exact) mass is 262 g/mol. The van der Waals surface area contributed by atoms with Gasteiger partial charge in [-0.2, -0.15) is 0 Å². The Morgan fingerprint density at radius 1 is 1.39 bits per heavy atom. The number of aliphatic hydroxyl groups excluding tert-OH is 1. The summed E-state index contributed by atoms with van der Waals surface area (Å²) in [5.41, 5.74) is -0.512. The van der Waals surface area contributed by atoms with Crippen LogP contribution in [0.25, 0.3) is 0 Å². The van der Waals surface area contributed by atoms with Crippen LogP contribution >= 0.6 is 0 Å². The molecule has 0 aliphatic heterocycles. The molecule has 0 saturated heterocycles. The first-order chi connectivity index (χ1) is 8.32. The first kappa shape index (κ1) is 16.7. The van der Waals surface area contributed by atoms with Crippen LogP contribution in [0.4, 0.5) is 4.79 Å². The highest BCUT2D eigenvalue weighted by Crippen LogP contribution is 2.06. The van der Waals surface area contributed by atoms with Crippen molar-refractivity contribution in [2.45, 2.75) is 38.8 Å². The highest BCUT2D eigenvalue weighted by Gasteiger charge is 2.22. The number of rotatable bonds is 8. The van der Waals surface area contributed by atoms with Crippen LogP contribution in [0.1, 0.15) is 27.2 Å². The van der Waals surface area contributed by atoms with Crippen molar-refractivity contribution >= 4 is 12.0 Å². The minimum Gasteiger partial charge on any atom is -0.480 e. The molecule has 0 aromatic carbocycles. The van der Waals surface area contributed by atoms with Gasteiger partial charge in [0.15, 0.2) is 0 Å². The van der Waals surface area contributed by atoms with E-state index in [0.29, 0.717) is 6.61 Å². The van der Waals surface area contributed by atoms with Gasteiger partial charge < -0.3 is 25.6 Å². The molecule has 0 aromatic rings. The van der Waals surface area contributed by atoms with Crippen LogP contribution in [0.15, 0.2) is 0 Å². The number of carbonyl (C=O) groups is 2. The maximum absolute atomic E-state index is 11.5. The second kappa shape index (κ2) is 7.88. The van der Waals surface area contributed by atoms with E-state index in [1.165, 1.54) is 0 Å². The maximum Gasteiger partial charge on any atom is 0.326 e. The number of aliphatic carboxylic acids is 1. The second-order valence-corrected chi connectivity index (χ2v) is 4.42. The van der Waals surface area contributed by atoms with Crippen LogP contribution < -0.4 is 10.6 Å². The van der Waals surface area contributed by atoms with Crippen molar-refractivity contribution in [2.24, 2.45) is 0 Å². The van der Waals surface area contributed by atoms with Gasteiger partial charge in [0, 0.05) is 26.2 Å². The molecule has 0 fully saturated rings. The molecule has 0 aliphatic rings. The minimum atomic E-state index is -1.18. The third-order valence-electron chi connectivity index (χ3n) is 2.23. The third-order valence-corrected chi connectivity index (χ3v) is 2.23. The number of carboxylic acids is 1. The molecule has 0 rings (SSSR count). The average molecular weight is 262 g/mol. The minimum absolute atomic E-state index is 0.0302. The molecule has 0 radical (unpaired) electrons. The topological polar surface area (TPSA) is 108 Å². The summed E-state index contributed by atoms with van der Waals surface area (Å²) in [5, 5.41) is 22.3. The molecule has 7 heteroatoms. The number of urea groups is 1. The molecule has 0 saturated carbocycles. The largest absolute Gasteiger partial charge is 0.480 e. The molecule has 0 bridgehead atoms. The zero-order chi connectivity index (χ0) is 14.2. The number of nitrogens with one attached hydrogen (secondary N) is 2. The Morgan fingerprint density at radius 2 is 2.00 bits per heavy atom. The normalized spacial score (nSPS) is 12.9. The van der Waals surface area contributed by atoms with E-state index in [9.17, 15) is 9.59 Å². The van der Waals surface area contributed by atoms with Gasteiger partial charge >= 0.3 is 12.0 Å². The summed E-state index contributed by atoms with van der Waals surface area (Å²) in [7, 11) is 0. The Balaban J connectivity index is 4.13. The van der Waals surface area contributed by atoms with Crippen molar-refractivity contribution in [3.63, 3.8) is 0 Å². The fraction of sp³-hybridized carbons (Fsp3) is 0.818. The Hall–Kier alpha value is -1.34. The van der Waals surface area contributed by atoms with E-state index in [4.69, 9.17) is 14.9 Å². The van der Waals surface area contributed by atoms with Crippen molar-refractivity contribution in [3.8, 4) is 0 Å². The standard InChI is InChI=1S/C11H22N2O5/c1-4-18-11(2,3)7-12-10(17)13-8(5-6-14)9(15)16/h8,14H,4-7H2,1-3H3,(H,15,16)(H2,12,13,17)/t8-/m0/s1. The van der Waals surface area contributed by atoms with Crippen LogP contribution in [-0.2, 0) is 9.53 Å². The molecule has 4 N–H and O–H groups in total. The summed E-state index contributed by atoms with van der Waals surface area (Å²) >= 11 is 0. The smallest absolute Gasteiger partial charge is 0.326 e. The SMILES string of the molecule is CCOC(C)(C)CNC(=O)N[C@@H](CCO)C(=O)O. The number of ether oxygens (including phenoxy) is 1. The fourth-order valence-corrected chi connectivity index (χ4v) is 1.33. The van der Waals surface area contributed by atoms with E-state index in [1.807, 2.05) is 20.8 Å². The summed E-state index contributed by atoms with van der Waals surface area (Å²) in [6.45, 7) is 5.97. The lowest BCUT2D eigenvalue weighted by Crippen LogP contribution is -2.50. The van der Waals surface area contributed by atoms with Crippen molar-refractivity contribution in [2.75, 3.05) is 19.8 Å².